The summed E-state index contributed by atoms with van der Waals surface area (Å²) in [6, 6.07) is 6.85. The van der Waals surface area contributed by atoms with Crippen LogP contribution in [-0.4, -0.2) is 24.7 Å². The molecule has 0 saturated carbocycles. The molecule has 0 saturated heterocycles. The maximum atomic E-state index is 14.5. The van der Waals surface area contributed by atoms with Gasteiger partial charge >= 0.3 is 0 Å². The molecule has 2 aromatic heterocycles. The van der Waals surface area contributed by atoms with Crippen LogP contribution in [0.2, 0.25) is 5.02 Å². The molecule has 0 radical (unpaired) electrons. The van der Waals surface area contributed by atoms with E-state index in [0.29, 0.717) is 16.7 Å². The van der Waals surface area contributed by atoms with E-state index in [-0.39, 0.29) is 16.8 Å². The first-order chi connectivity index (χ1) is 12.4. The SMILES string of the molecule is Cc1c(O)c(O)n(-c2ccc3nc[nH]c3c2)c1-c1c(F)ccc(F)c1Cl. The molecule has 26 heavy (non-hydrogen) atoms. The second-order valence-electron chi connectivity index (χ2n) is 5.80. The summed E-state index contributed by atoms with van der Waals surface area (Å²) in [7, 11) is 0. The Morgan fingerprint density at radius 3 is 2.62 bits per heavy atom. The van der Waals surface area contributed by atoms with Crippen molar-refractivity contribution >= 4 is 22.6 Å². The van der Waals surface area contributed by atoms with E-state index < -0.39 is 28.3 Å². The lowest BCUT2D eigenvalue weighted by molar-refractivity contribution is 0.386. The zero-order valence-electron chi connectivity index (χ0n) is 13.4. The van der Waals surface area contributed by atoms with E-state index in [4.69, 9.17) is 11.6 Å². The minimum absolute atomic E-state index is 0.0564. The van der Waals surface area contributed by atoms with Crippen LogP contribution in [-0.2, 0) is 0 Å². The molecule has 5 nitrogen and oxygen atoms in total. The van der Waals surface area contributed by atoms with E-state index >= 15 is 0 Å². The van der Waals surface area contributed by atoms with Gasteiger partial charge in [0.05, 0.1) is 39.3 Å². The van der Waals surface area contributed by atoms with Gasteiger partial charge in [0.15, 0.2) is 5.75 Å². The molecule has 4 rings (SSSR count). The van der Waals surface area contributed by atoms with E-state index in [1.54, 1.807) is 18.2 Å². The van der Waals surface area contributed by atoms with Crippen molar-refractivity contribution in [3.63, 3.8) is 0 Å². The summed E-state index contributed by atoms with van der Waals surface area (Å²) in [5.41, 5.74) is 1.75. The summed E-state index contributed by atoms with van der Waals surface area (Å²) in [5, 5.41) is 20.2. The minimum atomic E-state index is -0.807. The largest absolute Gasteiger partial charge is 0.503 e. The third-order valence-electron chi connectivity index (χ3n) is 4.30. The Morgan fingerprint density at radius 2 is 1.85 bits per heavy atom. The smallest absolute Gasteiger partial charge is 0.240 e. The fourth-order valence-electron chi connectivity index (χ4n) is 3.02. The number of nitrogens with one attached hydrogen (secondary N) is 1. The van der Waals surface area contributed by atoms with Gasteiger partial charge in [-0.05, 0) is 37.3 Å². The standard InChI is InChI=1S/C18H12ClF2N3O2/c1-8-16(14-10(20)3-4-11(21)15(14)19)24(18(26)17(8)25)9-2-5-12-13(6-9)23-7-22-12/h2-7,25-26H,1H3,(H,22,23). The summed E-state index contributed by atoms with van der Waals surface area (Å²) in [6.07, 6.45) is 1.51. The number of H-pyrrole nitrogens is 1. The molecule has 0 fully saturated rings. The van der Waals surface area contributed by atoms with Gasteiger partial charge in [-0.15, -0.1) is 0 Å². The van der Waals surface area contributed by atoms with Gasteiger partial charge in [0.25, 0.3) is 0 Å². The Labute approximate surface area is 151 Å². The maximum Gasteiger partial charge on any atom is 0.240 e. The van der Waals surface area contributed by atoms with Crippen molar-refractivity contribution in [2.45, 2.75) is 6.92 Å². The average Bonchev–Trinajstić information content (AvgIpc) is 3.17. The van der Waals surface area contributed by atoms with Gasteiger partial charge in [0.2, 0.25) is 5.88 Å². The molecule has 0 bridgehead atoms. The molecule has 0 aliphatic heterocycles. The highest BCUT2D eigenvalue weighted by Gasteiger charge is 2.27. The van der Waals surface area contributed by atoms with Crippen LogP contribution in [0.4, 0.5) is 8.78 Å². The van der Waals surface area contributed by atoms with E-state index in [1.807, 2.05) is 0 Å². The topological polar surface area (TPSA) is 74.1 Å². The zero-order chi connectivity index (χ0) is 18.6. The lowest BCUT2D eigenvalue weighted by Gasteiger charge is -2.14. The molecular formula is C18H12ClF2N3O2. The van der Waals surface area contributed by atoms with Crippen LogP contribution in [0.3, 0.4) is 0 Å². The molecule has 4 aromatic rings. The number of aromatic amines is 1. The van der Waals surface area contributed by atoms with Crippen molar-refractivity contribution in [2.24, 2.45) is 0 Å². The minimum Gasteiger partial charge on any atom is -0.503 e. The normalized spacial score (nSPS) is 11.4. The van der Waals surface area contributed by atoms with Crippen molar-refractivity contribution in [3.05, 3.63) is 58.9 Å². The molecule has 132 valence electrons. The van der Waals surface area contributed by atoms with Gasteiger partial charge in [-0.25, -0.2) is 13.8 Å². The van der Waals surface area contributed by atoms with Crippen molar-refractivity contribution in [1.82, 2.24) is 14.5 Å². The van der Waals surface area contributed by atoms with E-state index in [9.17, 15) is 19.0 Å². The Balaban J connectivity index is 2.09. The molecule has 2 heterocycles. The number of nitrogens with zero attached hydrogens (tertiary/aromatic N) is 2. The highest BCUT2D eigenvalue weighted by molar-refractivity contribution is 6.33. The molecular weight excluding hydrogens is 364 g/mol. The molecule has 8 heteroatoms. The number of aromatic nitrogens is 3. The van der Waals surface area contributed by atoms with Crippen molar-refractivity contribution in [2.75, 3.05) is 0 Å². The van der Waals surface area contributed by atoms with E-state index in [2.05, 4.69) is 9.97 Å². The van der Waals surface area contributed by atoms with Crippen LogP contribution in [0, 0.1) is 18.6 Å². The molecule has 0 unspecified atom stereocenters. The lowest BCUT2D eigenvalue weighted by atomic mass is 10.1. The number of halogens is 3. The van der Waals surface area contributed by atoms with Crippen LogP contribution in [0.1, 0.15) is 5.56 Å². The number of aromatic hydroxyl groups is 2. The van der Waals surface area contributed by atoms with Crippen molar-refractivity contribution in [1.29, 1.82) is 0 Å². The number of imidazole rings is 1. The lowest BCUT2D eigenvalue weighted by Crippen LogP contribution is -2.00. The molecule has 0 atom stereocenters. The number of hydrogen-bond acceptors (Lipinski definition) is 3. The van der Waals surface area contributed by atoms with Gasteiger partial charge in [0.1, 0.15) is 11.6 Å². The Kier molecular flexibility index (Phi) is 3.62. The predicted octanol–water partition coefficient (Wildman–Crippen LogP) is 4.67. The number of fused-ring (bicyclic) bond motifs is 1. The highest BCUT2D eigenvalue weighted by atomic mass is 35.5. The fourth-order valence-corrected chi connectivity index (χ4v) is 3.26. The predicted molar refractivity (Wildman–Crippen MR) is 93.8 cm³/mol. The Hall–Kier alpha value is -3.06. The van der Waals surface area contributed by atoms with Gasteiger partial charge in [-0.3, -0.25) is 4.57 Å². The van der Waals surface area contributed by atoms with Gasteiger partial charge in [-0.2, -0.15) is 0 Å². The summed E-state index contributed by atoms with van der Waals surface area (Å²) >= 11 is 6.00. The molecule has 0 spiro atoms. The molecule has 0 aliphatic rings. The van der Waals surface area contributed by atoms with Crippen molar-refractivity contribution in [3.8, 4) is 28.6 Å². The second kappa shape index (κ2) is 5.74. The first-order valence-corrected chi connectivity index (χ1v) is 7.98. The number of benzene rings is 2. The van der Waals surface area contributed by atoms with E-state index in [1.165, 1.54) is 17.8 Å². The number of hydrogen-bond donors (Lipinski definition) is 3. The Bertz CT molecular complexity index is 1170. The molecule has 2 aromatic carbocycles. The first-order valence-electron chi connectivity index (χ1n) is 7.60. The average molecular weight is 376 g/mol. The molecule has 0 amide bonds. The van der Waals surface area contributed by atoms with Gasteiger partial charge in [-0.1, -0.05) is 11.6 Å². The van der Waals surface area contributed by atoms with Gasteiger partial charge < -0.3 is 15.2 Å². The zero-order valence-corrected chi connectivity index (χ0v) is 14.1. The van der Waals surface area contributed by atoms with Crippen molar-refractivity contribution < 1.29 is 19.0 Å². The summed E-state index contributed by atoms with van der Waals surface area (Å²) < 4.78 is 29.6. The quantitative estimate of drug-likeness (QED) is 0.446. The van der Waals surface area contributed by atoms with Crippen LogP contribution < -0.4 is 0 Å². The summed E-state index contributed by atoms with van der Waals surface area (Å²) in [6.45, 7) is 1.48. The Morgan fingerprint density at radius 1 is 1.12 bits per heavy atom. The van der Waals surface area contributed by atoms with Crippen LogP contribution in [0.25, 0.3) is 28.0 Å². The van der Waals surface area contributed by atoms with Crippen LogP contribution in [0.15, 0.2) is 36.7 Å². The van der Waals surface area contributed by atoms with Gasteiger partial charge in [0, 0.05) is 5.56 Å². The second-order valence-corrected chi connectivity index (χ2v) is 6.18. The monoisotopic (exact) mass is 375 g/mol. The fraction of sp³-hybridized carbons (Fsp3) is 0.0556. The highest BCUT2D eigenvalue weighted by Crippen LogP contribution is 2.45. The summed E-state index contributed by atoms with van der Waals surface area (Å²) in [4.78, 5) is 7.04. The molecule has 3 N–H and O–H groups in total. The third kappa shape index (κ3) is 2.24. The van der Waals surface area contributed by atoms with Crippen LogP contribution >= 0.6 is 11.6 Å². The first kappa shape index (κ1) is 16.4. The molecule has 0 aliphatic carbocycles. The van der Waals surface area contributed by atoms with E-state index in [0.717, 1.165) is 12.1 Å². The van der Waals surface area contributed by atoms with Crippen LogP contribution in [0.5, 0.6) is 11.6 Å². The summed E-state index contributed by atoms with van der Waals surface area (Å²) in [5.74, 6) is -2.53. The number of rotatable bonds is 2. The maximum absolute atomic E-state index is 14.5. The third-order valence-corrected chi connectivity index (χ3v) is 4.67.